The summed E-state index contributed by atoms with van der Waals surface area (Å²) < 4.78 is 10.7. The molecule has 2 amide bonds. The zero-order chi connectivity index (χ0) is 18.9. The summed E-state index contributed by atoms with van der Waals surface area (Å²) in [6.07, 6.45) is 5.51. The lowest BCUT2D eigenvalue weighted by Crippen LogP contribution is -2.32. The van der Waals surface area contributed by atoms with Gasteiger partial charge in [0.1, 0.15) is 0 Å². The molecule has 1 aliphatic rings. The molecular weight excluding hydrogens is 356 g/mol. The second-order valence-electron chi connectivity index (χ2n) is 5.93. The van der Waals surface area contributed by atoms with E-state index in [0.29, 0.717) is 36.1 Å². The van der Waals surface area contributed by atoms with Crippen LogP contribution in [-0.2, 0) is 9.59 Å². The number of rotatable bonds is 8. The predicted molar refractivity (Wildman–Crippen MR) is 102 cm³/mol. The van der Waals surface area contributed by atoms with Crippen LogP contribution < -0.4 is 14.8 Å². The van der Waals surface area contributed by atoms with Crippen LogP contribution in [0.25, 0.3) is 6.08 Å². The van der Waals surface area contributed by atoms with Crippen molar-refractivity contribution in [2.24, 2.45) is 0 Å². The van der Waals surface area contributed by atoms with Gasteiger partial charge in [0.2, 0.25) is 11.8 Å². The second-order valence-corrected chi connectivity index (χ2v) is 6.34. The van der Waals surface area contributed by atoms with Crippen LogP contribution in [-0.4, -0.2) is 50.1 Å². The quantitative estimate of drug-likeness (QED) is 0.704. The van der Waals surface area contributed by atoms with E-state index in [1.165, 1.54) is 13.2 Å². The number of likely N-dealkylation sites (tertiary alicyclic amines) is 1. The number of methoxy groups -OCH3 is 1. The Morgan fingerprint density at radius 2 is 2.04 bits per heavy atom. The number of nitrogens with zero attached hydrogens (tertiary/aromatic N) is 1. The van der Waals surface area contributed by atoms with E-state index in [1.807, 2.05) is 11.8 Å². The molecular formula is C19H25ClN2O4. The van der Waals surface area contributed by atoms with E-state index in [9.17, 15) is 9.59 Å². The van der Waals surface area contributed by atoms with Crippen LogP contribution in [0, 0.1) is 0 Å². The molecule has 0 aromatic heterocycles. The normalized spacial score (nSPS) is 13.9. The lowest BCUT2D eigenvalue weighted by Gasteiger charge is -2.14. The van der Waals surface area contributed by atoms with Crippen LogP contribution >= 0.6 is 11.6 Å². The van der Waals surface area contributed by atoms with E-state index in [2.05, 4.69) is 5.32 Å². The van der Waals surface area contributed by atoms with Crippen molar-refractivity contribution in [2.75, 3.05) is 33.4 Å². The highest BCUT2D eigenvalue weighted by atomic mass is 35.5. The molecule has 1 aromatic carbocycles. The van der Waals surface area contributed by atoms with Gasteiger partial charge in [-0.2, -0.15) is 0 Å². The minimum absolute atomic E-state index is 0.0927. The highest BCUT2D eigenvalue weighted by molar-refractivity contribution is 6.32. The number of hydrogen-bond donors (Lipinski definition) is 1. The Labute approximate surface area is 159 Å². The largest absolute Gasteiger partial charge is 0.491 e. The summed E-state index contributed by atoms with van der Waals surface area (Å²) in [5.41, 5.74) is 0.725. The first-order valence-electron chi connectivity index (χ1n) is 8.79. The molecule has 0 aliphatic carbocycles. The van der Waals surface area contributed by atoms with E-state index in [4.69, 9.17) is 21.1 Å². The number of benzene rings is 1. The molecule has 26 heavy (non-hydrogen) atoms. The van der Waals surface area contributed by atoms with E-state index < -0.39 is 0 Å². The fourth-order valence-electron chi connectivity index (χ4n) is 2.79. The third-order valence-electron chi connectivity index (χ3n) is 4.06. The molecule has 1 aliphatic heterocycles. The van der Waals surface area contributed by atoms with Gasteiger partial charge in [-0.3, -0.25) is 9.59 Å². The van der Waals surface area contributed by atoms with Gasteiger partial charge < -0.3 is 19.7 Å². The summed E-state index contributed by atoms with van der Waals surface area (Å²) in [7, 11) is 1.52. The monoisotopic (exact) mass is 380 g/mol. The zero-order valence-corrected chi connectivity index (χ0v) is 16.0. The van der Waals surface area contributed by atoms with Gasteiger partial charge in [0.25, 0.3) is 0 Å². The molecule has 1 aromatic rings. The Balaban J connectivity index is 1.87. The molecule has 1 fully saturated rings. The standard InChI is InChI=1S/C19H25ClN2O4/c1-3-26-16-13-14(12-15(20)19(16)25-2)6-7-17(23)21-9-8-18(24)22-10-4-5-11-22/h6-7,12-13H,3-5,8-11H2,1-2H3,(H,21,23)/b7-6+. The van der Waals surface area contributed by atoms with Crippen molar-refractivity contribution < 1.29 is 19.1 Å². The topological polar surface area (TPSA) is 67.9 Å². The van der Waals surface area contributed by atoms with E-state index in [0.717, 1.165) is 31.5 Å². The van der Waals surface area contributed by atoms with Crippen LogP contribution in [0.15, 0.2) is 18.2 Å². The van der Waals surface area contributed by atoms with Crippen molar-refractivity contribution in [1.82, 2.24) is 10.2 Å². The predicted octanol–water partition coefficient (Wildman–Crippen LogP) is 2.89. The van der Waals surface area contributed by atoms with Gasteiger partial charge in [-0.1, -0.05) is 11.6 Å². The molecule has 6 nitrogen and oxygen atoms in total. The lowest BCUT2D eigenvalue weighted by atomic mass is 10.2. The first-order valence-corrected chi connectivity index (χ1v) is 9.17. The fraction of sp³-hybridized carbons (Fsp3) is 0.474. The molecule has 1 heterocycles. The van der Waals surface area contributed by atoms with Crippen LogP contribution in [0.2, 0.25) is 5.02 Å². The maximum Gasteiger partial charge on any atom is 0.244 e. The number of ether oxygens (including phenoxy) is 2. The smallest absolute Gasteiger partial charge is 0.244 e. The van der Waals surface area contributed by atoms with Crippen molar-refractivity contribution in [2.45, 2.75) is 26.2 Å². The Morgan fingerprint density at radius 1 is 1.31 bits per heavy atom. The Hall–Kier alpha value is -2.21. The van der Waals surface area contributed by atoms with Gasteiger partial charge in [-0.15, -0.1) is 0 Å². The molecule has 7 heteroatoms. The number of amides is 2. The van der Waals surface area contributed by atoms with E-state index in [1.54, 1.807) is 18.2 Å². The molecule has 1 saturated heterocycles. The van der Waals surface area contributed by atoms with E-state index in [-0.39, 0.29) is 11.8 Å². The molecule has 0 unspecified atom stereocenters. The molecule has 0 bridgehead atoms. The van der Waals surface area contributed by atoms with Crippen LogP contribution in [0.1, 0.15) is 31.7 Å². The number of hydrogen-bond acceptors (Lipinski definition) is 4. The summed E-state index contributed by atoms with van der Waals surface area (Å²) in [6, 6.07) is 3.46. The lowest BCUT2D eigenvalue weighted by molar-refractivity contribution is -0.130. The van der Waals surface area contributed by atoms with Gasteiger partial charge in [-0.25, -0.2) is 0 Å². The first kappa shape index (κ1) is 20.1. The SMILES string of the molecule is CCOc1cc(/C=C/C(=O)NCCC(=O)N2CCCC2)cc(Cl)c1OC. The fourth-order valence-corrected chi connectivity index (χ4v) is 3.09. The maximum absolute atomic E-state index is 11.9. The minimum Gasteiger partial charge on any atom is -0.491 e. The number of carbonyl (C=O) groups is 2. The van der Waals surface area contributed by atoms with Gasteiger partial charge in [0, 0.05) is 32.1 Å². The van der Waals surface area contributed by atoms with Crippen LogP contribution in [0.3, 0.4) is 0 Å². The third-order valence-corrected chi connectivity index (χ3v) is 4.34. The summed E-state index contributed by atoms with van der Waals surface area (Å²) in [6.45, 7) is 4.32. The summed E-state index contributed by atoms with van der Waals surface area (Å²) in [5, 5.41) is 3.13. The number of nitrogens with one attached hydrogen (secondary N) is 1. The van der Waals surface area contributed by atoms with Gasteiger partial charge in [0.15, 0.2) is 11.5 Å². The number of carbonyl (C=O) groups excluding carboxylic acids is 2. The van der Waals surface area contributed by atoms with Crippen molar-refractivity contribution in [3.8, 4) is 11.5 Å². The van der Waals surface area contributed by atoms with Crippen LogP contribution in [0.5, 0.6) is 11.5 Å². The molecule has 142 valence electrons. The van der Waals surface area contributed by atoms with Gasteiger partial charge in [0.05, 0.1) is 18.7 Å². The zero-order valence-electron chi connectivity index (χ0n) is 15.2. The highest BCUT2D eigenvalue weighted by Crippen LogP contribution is 2.36. The summed E-state index contributed by atoms with van der Waals surface area (Å²) in [5.74, 6) is 0.827. The minimum atomic E-state index is -0.260. The first-order chi connectivity index (χ1) is 12.5. The maximum atomic E-state index is 11.9. The van der Waals surface area contributed by atoms with Crippen molar-refractivity contribution in [1.29, 1.82) is 0 Å². The Kier molecular flexibility index (Phi) is 7.78. The summed E-state index contributed by atoms with van der Waals surface area (Å²) >= 11 is 6.18. The molecule has 0 radical (unpaired) electrons. The molecule has 0 atom stereocenters. The van der Waals surface area contributed by atoms with Crippen LogP contribution in [0.4, 0.5) is 0 Å². The third kappa shape index (κ3) is 5.66. The average molecular weight is 381 g/mol. The Morgan fingerprint density at radius 3 is 2.69 bits per heavy atom. The van der Waals surface area contributed by atoms with Gasteiger partial charge >= 0.3 is 0 Å². The van der Waals surface area contributed by atoms with Gasteiger partial charge in [-0.05, 0) is 43.5 Å². The molecule has 0 spiro atoms. The molecule has 1 N–H and O–H groups in total. The molecule has 2 rings (SSSR count). The Bertz CT molecular complexity index is 670. The average Bonchev–Trinajstić information content (AvgIpc) is 3.15. The number of halogens is 1. The summed E-state index contributed by atoms with van der Waals surface area (Å²) in [4.78, 5) is 25.7. The van der Waals surface area contributed by atoms with Crippen molar-refractivity contribution in [3.63, 3.8) is 0 Å². The van der Waals surface area contributed by atoms with Crippen molar-refractivity contribution >= 4 is 29.5 Å². The second kappa shape index (κ2) is 10.1. The molecule has 0 saturated carbocycles. The van der Waals surface area contributed by atoms with Crippen molar-refractivity contribution in [3.05, 3.63) is 28.8 Å². The van der Waals surface area contributed by atoms with E-state index >= 15 is 0 Å². The highest BCUT2D eigenvalue weighted by Gasteiger charge is 2.17.